The molecule has 0 spiro atoms. The normalized spacial score (nSPS) is 15.3. The van der Waals surface area contributed by atoms with E-state index in [2.05, 4.69) is 33.4 Å². The lowest BCUT2D eigenvalue weighted by molar-refractivity contribution is -0.122. The maximum atomic E-state index is 13.3. The van der Waals surface area contributed by atoms with Crippen molar-refractivity contribution in [2.75, 3.05) is 25.0 Å². The third-order valence-corrected chi connectivity index (χ3v) is 7.43. The van der Waals surface area contributed by atoms with Gasteiger partial charge in [0.2, 0.25) is 5.91 Å². The molecular formula is C30H30BrN3O3S. The van der Waals surface area contributed by atoms with E-state index in [4.69, 9.17) is 9.73 Å². The summed E-state index contributed by atoms with van der Waals surface area (Å²) in [5, 5.41) is 3.47. The molecule has 1 saturated heterocycles. The van der Waals surface area contributed by atoms with Gasteiger partial charge in [0.1, 0.15) is 5.75 Å². The van der Waals surface area contributed by atoms with Gasteiger partial charge in [0.25, 0.3) is 5.91 Å². The third kappa shape index (κ3) is 7.82. The van der Waals surface area contributed by atoms with Gasteiger partial charge in [0, 0.05) is 24.9 Å². The van der Waals surface area contributed by atoms with Gasteiger partial charge in [-0.25, -0.2) is 0 Å². The molecule has 1 fully saturated rings. The van der Waals surface area contributed by atoms with Gasteiger partial charge in [-0.3, -0.25) is 19.5 Å². The monoisotopic (exact) mass is 591 g/mol. The molecule has 1 aliphatic heterocycles. The van der Waals surface area contributed by atoms with Crippen LogP contribution in [0.4, 0.5) is 5.69 Å². The molecule has 0 unspecified atom stereocenters. The van der Waals surface area contributed by atoms with E-state index in [0.717, 1.165) is 28.6 Å². The molecule has 1 N–H and O–H groups in total. The molecule has 3 aromatic rings. The highest BCUT2D eigenvalue weighted by Gasteiger charge is 2.33. The smallest absolute Gasteiger partial charge is 0.266 e. The third-order valence-electron chi connectivity index (χ3n) is 5.77. The van der Waals surface area contributed by atoms with Gasteiger partial charge in [-0.15, -0.1) is 0 Å². The number of carbonyl (C=O) groups excluding carboxylic acids is 2. The van der Waals surface area contributed by atoms with Crippen molar-refractivity contribution >= 4 is 50.4 Å². The van der Waals surface area contributed by atoms with Crippen LogP contribution in [0.5, 0.6) is 5.75 Å². The first-order valence-electron chi connectivity index (χ1n) is 12.6. The number of nitrogens with one attached hydrogen (secondary N) is 1. The van der Waals surface area contributed by atoms with Crippen LogP contribution < -0.4 is 10.1 Å². The summed E-state index contributed by atoms with van der Waals surface area (Å²) in [6.45, 7) is 3.71. The Morgan fingerprint density at radius 3 is 2.37 bits per heavy atom. The fourth-order valence-corrected chi connectivity index (χ4v) is 5.33. The highest BCUT2D eigenvalue weighted by Crippen LogP contribution is 2.32. The summed E-state index contributed by atoms with van der Waals surface area (Å²) in [5.74, 6) is 0.141. The van der Waals surface area contributed by atoms with Crippen molar-refractivity contribution in [2.45, 2.75) is 26.2 Å². The number of hydrogen-bond acceptors (Lipinski definition) is 5. The van der Waals surface area contributed by atoms with Crippen LogP contribution in [0, 0.1) is 0 Å². The molecule has 8 heteroatoms. The van der Waals surface area contributed by atoms with E-state index in [1.165, 1.54) is 23.4 Å². The van der Waals surface area contributed by atoms with Crippen molar-refractivity contribution in [1.29, 1.82) is 0 Å². The summed E-state index contributed by atoms with van der Waals surface area (Å²) in [4.78, 5) is 32.9. The first-order valence-corrected chi connectivity index (χ1v) is 14.2. The molecule has 1 heterocycles. The Kier molecular flexibility index (Phi) is 10.2. The van der Waals surface area contributed by atoms with Crippen LogP contribution in [0.3, 0.4) is 0 Å². The van der Waals surface area contributed by atoms with Crippen molar-refractivity contribution in [3.8, 4) is 5.75 Å². The topological polar surface area (TPSA) is 71.0 Å². The van der Waals surface area contributed by atoms with E-state index in [0.29, 0.717) is 41.9 Å². The maximum Gasteiger partial charge on any atom is 0.266 e. The fourth-order valence-electron chi connectivity index (χ4n) is 3.84. The summed E-state index contributed by atoms with van der Waals surface area (Å²) >= 11 is 4.73. The van der Waals surface area contributed by atoms with E-state index in [-0.39, 0.29) is 11.8 Å². The maximum absolute atomic E-state index is 13.3. The van der Waals surface area contributed by atoms with Gasteiger partial charge in [-0.2, -0.15) is 0 Å². The number of nitrogens with zero attached hydrogens (tertiary/aromatic N) is 2. The molecule has 0 aliphatic carbocycles. The summed E-state index contributed by atoms with van der Waals surface area (Å²) in [6.07, 6.45) is 3.74. The zero-order valence-corrected chi connectivity index (χ0v) is 23.6. The molecule has 0 bridgehead atoms. The van der Waals surface area contributed by atoms with Gasteiger partial charge in [-0.1, -0.05) is 67.6 Å². The predicted molar refractivity (Wildman–Crippen MR) is 159 cm³/mol. The molecule has 3 aromatic carbocycles. The quantitative estimate of drug-likeness (QED) is 0.259. The minimum Gasteiger partial charge on any atom is -0.492 e. The molecule has 0 radical (unpaired) electrons. The number of ether oxygens (including phenoxy) is 1. The van der Waals surface area contributed by atoms with Gasteiger partial charge in [0.05, 0.1) is 16.0 Å². The lowest BCUT2D eigenvalue weighted by atomic mass is 10.1. The summed E-state index contributed by atoms with van der Waals surface area (Å²) in [7, 11) is 0. The predicted octanol–water partition coefficient (Wildman–Crippen LogP) is 6.48. The average Bonchev–Trinajstić information content (AvgIpc) is 3.21. The lowest BCUT2D eigenvalue weighted by Gasteiger charge is -2.15. The van der Waals surface area contributed by atoms with Crippen molar-refractivity contribution in [1.82, 2.24) is 4.90 Å². The minimum absolute atomic E-state index is 0.205. The zero-order chi connectivity index (χ0) is 26.7. The Labute approximate surface area is 236 Å². The van der Waals surface area contributed by atoms with Crippen LogP contribution in [-0.4, -0.2) is 41.6 Å². The number of aliphatic imine (C=N–C) groups is 1. The second kappa shape index (κ2) is 14.0. The Balaban J connectivity index is 1.46. The number of amides is 2. The lowest BCUT2D eigenvalue weighted by Crippen LogP contribution is -2.31. The van der Waals surface area contributed by atoms with E-state index in [1.807, 2.05) is 55.5 Å². The van der Waals surface area contributed by atoms with Crippen molar-refractivity contribution in [2.24, 2.45) is 4.99 Å². The van der Waals surface area contributed by atoms with Crippen LogP contribution in [0.2, 0.25) is 0 Å². The highest BCUT2D eigenvalue weighted by molar-refractivity contribution is 9.10. The van der Waals surface area contributed by atoms with Gasteiger partial charge < -0.3 is 10.1 Å². The fraction of sp³-hybridized carbons (Fsp3) is 0.233. The Bertz CT molecular complexity index is 1310. The van der Waals surface area contributed by atoms with Gasteiger partial charge in [-0.05, 0) is 76.3 Å². The molecular weight excluding hydrogens is 562 g/mol. The number of rotatable bonds is 11. The van der Waals surface area contributed by atoms with E-state index >= 15 is 0 Å². The van der Waals surface area contributed by atoms with Gasteiger partial charge >= 0.3 is 0 Å². The molecule has 2 amide bonds. The van der Waals surface area contributed by atoms with E-state index < -0.39 is 0 Å². The number of anilines is 1. The molecule has 196 valence electrons. The number of carbonyl (C=O) groups is 2. The number of benzene rings is 3. The van der Waals surface area contributed by atoms with E-state index in [1.54, 1.807) is 23.1 Å². The van der Waals surface area contributed by atoms with Crippen LogP contribution in [0.25, 0.3) is 0 Å². The number of amidine groups is 1. The van der Waals surface area contributed by atoms with E-state index in [9.17, 15) is 9.59 Å². The largest absolute Gasteiger partial charge is 0.492 e. The van der Waals surface area contributed by atoms with Gasteiger partial charge in [0.15, 0.2) is 5.17 Å². The molecule has 38 heavy (non-hydrogen) atoms. The second-order valence-corrected chi connectivity index (χ2v) is 10.5. The molecule has 4 rings (SSSR count). The standard InChI is InChI=1S/C30H30BrN3O3S/c1-2-19-37-26-14-13-24(20-25(26)31)33-28(35)21-27-29(36)34(18-16-23-11-7-4-8-12-23)30(38-27)32-17-15-22-9-5-3-6-10-22/h3-14,20-21H,2,15-19H2,1H3,(H,33,35)/b27-21-,32-30?. The Hall–Kier alpha value is -3.36. The van der Waals surface area contributed by atoms with Crippen molar-refractivity contribution in [3.05, 3.63) is 105 Å². The van der Waals surface area contributed by atoms with Crippen LogP contribution in [0.1, 0.15) is 24.5 Å². The molecule has 0 aromatic heterocycles. The first-order chi connectivity index (χ1) is 18.5. The summed E-state index contributed by atoms with van der Waals surface area (Å²) in [6, 6.07) is 25.5. The minimum atomic E-state index is -0.372. The zero-order valence-electron chi connectivity index (χ0n) is 21.2. The second-order valence-electron chi connectivity index (χ2n) is 8.69. The molecule has 6 nitrogen and oxygen atoms in total. The van der Waals surface area contributed by atoms with Crippen molar-refractivity contribution < 1.29 is 14.3 Å². The van der Waals surface area contributed by atoms with Crippen LogP contribution in [-0.2, 0) is 22.4 Å². The van der Waals surface area contributed by atoms with Crippen molar-refractivity contribution in [3.63, 3.8) is 0 Å². The van der Waals surface area contributed by atoms with Crippen LogP contribution in [0.15, 0.2) is 99.3 Å². The molecule has 0 atom stereocenters. The number of hydrogen-bond donors (Lipinski definition) is 1. The average molecular weight is 593 g/mol. The summed E-state index contributed by atoms with van der Waals surface area (Å²) < 4.78 is 6.42. The number of thioether (sulfide) groups is 1. The summed E-state index contributed by atoms with van der Waals surface area (Å²) in [5.41, 5.74) is 2.94. The SMILES string of the molecule is CCCOc1ccc(NC(=O)/C=C2\SC(=NCCc3ccccc3)N(CCc3ccccc3)C2=O)cc1Br. The Morgan fingerprint density at radius 1 is 1.03 bits per heavy atom. The highest BCUT2D eigenvalue weighted by atomic mass is 79.9. The molecule has 0 saturated carbocycles. The molecule has 1 aliphatic rings. The number of halogens is 1. The van der Waals surface area contributed by atoms with Crippen LogP contribution >= 0.6 is 27.7 Å². The first kappa shape index (κ1) is 27.7. The Morgan fingerprint density at radius 2 is 1.71 bits per heavy atom.